The van der Waals surface area contributed by atoms with Gasteiger partial charge in [0.2, 0.25) is 5.91 Å². The maximum atomic E-state index is 14.0. The Kier molecular flexibility index (Phi) is 7.31. The monoisotopic (exact) mass is 401 g/mol. The number of benzene rings is 1. The molecule has 1 aliphatic heterocycles. The molecule has 156 valence electrons. The van der Waals surface area contributed by atoms with Gasteiger partial charge in [0.15, 0.2) is 11.6 Å². The lowest BCUT2D eigenvalue weighted by Crippen LogP contribution is -2.41. The van der Waals surface area contributed by atoms with E-state index in [2.05, 4.69) is 15.2 Å². The Balaban J connectivity index is 1.65. The molecule has 0 aliphatic carbocycles. The van der Waals surface area contributed by atoms with E-state index in [0.29, 0.717) is 24.4 Å². The summed E-state index contributed by atoms with van der Waals surface area (Å²) in [5, 5.41) is 3.19. The lowest BCUT2D eigenvalue weighted by Gasteiger charge is -2.36. The lowest BCUT2D eigenvalue weighted by atomic mass is 9.87. The number of piperidine rings is 1. The maximum Gasteiger partial charge on any atom is 0.220 e. The SMILES string of the molecule is CC(C)CC(=O)N[C@H](c1ccccn1)C1CCN(Cc2cccc(F)c2F)CC1. The van der Waals surface area contributed by atoms with Gasteiger partial charge in [0, 0.05) is 24.7 Å². The van der Waals surface area contributed by atoms with Crippen LogP contribution >= 0.6 is 0 Å². The van der Waals surface area contributed by atoms with E-state index >= 15 is 0 Å². The largest absolute Gasteiger partial charge is 0.347 e. The molecule has 1 N–H and O–H groups in total. The molecule has 6 heteroatoms. The second-order valence-corrected chi connectivity index (χ2v) is 8.22. The molecule has 29 heavy (non-hydrogen) atoms. The zero-order chi connectivity index (χ0) is 20.8. The smallest absolute Gasteiger partial charge is 0.220 e. The summed E-state index contributed by atoms with van der Waals surface area (Å²) in [6, 6.07) is 9.95. The molecule has 0 spiro atoms. The minimum absolute atomic E-state index is 0.0416. The Bertz CT molecular complexity index is 805. The van der Waals surface area contributed by atoms with Crippen molar-refractivity contribution >= 4 is 5.91 Å². The molecule has 0 bridgehead atoms. The van der Waals surface area contributed by atoms with Crippen molar-refractivity contribution in [3.63, 3.8) is 0 Å². The molecule has 0 radical (unpaired) electrons. The van der Waals surface area contributed by atoms with Crippen LogP contribution < -0.4 is 5.32 Å². The summed E-state index contributed by atoms with van der Waals surface area (Å²) in [6.45, 7) is 5.98. The number of rotatable bonds is 7. The number of carbonyl (C=O) groups is 1. The molecule has 0 saturated carbocycles. The van der Waals surface area contributed by atoms with Crippen LogP contribution in [0, 0.1) is 23.5 Å². The number of carbonyl (C=O) groups excluding carboxylic acids is 1. The third-order valence-corrected chi connectivity index (χ3v) is 5.45. The quantitative estimate of drug-likeness (QED) is 0.744. The first-order valence-electron chi connectivity index (χ1n) is 10.3. The Morgan fingerprint density at radius 2 is 1.93 bits per heavy atom. The van der Waals surface area contributed by atoms with Crippen molar-refractivity contribution in [2.45, 2.75) is 45.7 Å². The van der Waals surface area contributed by atoms with E-state index in [1.807, 2.05) is 32.0 Å². The standard InChI is InChI=1S/C23H29F2N3O/c1-16(2)14-21(29)27-23(20-8-3-4-11-26-20)17-9-12-28(13-10-17)15-18-6-5-7-19(24)22(18)25/h3-8,11,16-17,23H,9-10,12-15H2,1-2H3,(H,27,29)/t23-/m0/s1. The number of nitrogens with zero attached hydrogens (tertiary/aromatic N) is 2. The van der Waals surface area contributed by atoms with Crippen LogP contribution in [0.3, 0.4) is 0 Å². The van der Waals surface area contributed by atoms with Gasteiger partial charge < -0.3 is 5.32 Å². The highest BCUT2D eigenvalue weighted by molar-refractivity contribution is 5.76. The van der Waals surface area contributed by atoms with E-state index in [0.717, 1.165) is 37.7 Å². The van der Waals surface area contributed by atoms with E-state index in [4.69, 9.17) is 0 Å². The van der Waals surface area contributed by atoms with Crippen LogP contribution in [-0.4, -0.2) is 28.9 Å². The van der Waals surface area contributed by atoms with E-state index in [9.17, 15) is 13.6 Å². The molecular weight excluding hydrogens is 372 g/mol. The summed E-state index contributed by atoms with van der Waals surface area (Å²) in [6.07, 6.45) is 3.96. The van der Waals surface area contributed by atoms with Crippen LogP contribution in [0.5, 0.6) is 0 Å². The number of amides is 1. The number of halogens is 2. The molecule has 1 saturated heterocycles. The first kappa shape index (κ1) is 21.4. The van der Waals surface area contributed by atoms with Crippen LogP contribution in [0.25, 0.3) is 0 Å². The second-order valence-electron chi connectivity index (χ2n) is 8.22. The number of aromatic nitrogens is 1. The normalized spacial score (nSPS) is 16.7. The van der Waals surface area contributed by atoms with Crippen molar-refractivity contribution in [3.8, 4) is 0 Å². The van der Waals surface area contributed by atoms with Crippen LogP contribution in [-0.2, 0) is 11.3 Å². The Morgan fingerprint density at radius 1 is 1.17 bits per heavy atom. The maximum absolute atomic E-state index is 14.0. The molecule has 1 atom stereocenters. The minimum atomic E-state index is -0.805. The predicted octanol–water partition coefficient (Wildman–Crippen LogP) is 4.48. The van der Waals surface area contributed by atoms with E-state index in [1.165, 1.54) is 0 Å². The van der Waals surface area contributed by atoms with Gasteiger partial charge in [-0.15, -0.1) is 0 Å². The molecule has 0 unspecified atom stereocenters. The molecule has 1 fully saturated rings. The minimum Gasteiger partial charge on any atom is -0.347 e. The number of hydrogen-bond acceptors (Lipinski definition) is 3. The first-order valence-corrected chi connectivity index (χ1v) is 10.3. The summed E-state index contributed by atoms with van der Waals surface area (Å²) in [4.78, 5) is 19.0. The average molecular weight is 402 g/mol. The highest BCUT2D eigenvalue weighted by atomic mass is 19.2. The lowest BCUT2D eigenvalue weighted by molar-refractivity contribution is -0.123. The summed E-state index contributed by atoms with van der Waals surface area (Å²) >= 11 is 0. The number of nitrogens with one attached hydrogen (secondary N) is 1. The van der Waals surface area contributed by atoms with E-state index in [1.54, 1.807) is 18.3 Å². The summed E-state index contributed by atoms with van der Waals surface area (Å²) in [5.41, 5.74) is 1.26. The molecule has 2 heterocycles. The van der Waals surface area contributed by atoms with Crippen LogP contribution in [0.1, 0.15) is 50.4 Å². The molecule has 4 nitrogen and oxygen atoms in total. The summed E-state index contributed by atoms with van der Waals surface area (Å²) in [7, 11) is 0. The van der Waals surface area contributed by atoms with Gasteiger partial charge in [0.05, 0.1) is 11.7 Å². The van der Waals surface area contributed by atoms with Crippen molar-refractivity contribution in [2.24, 2.45) is 11.8 Å². The molecule has 3 rings (SSSR count). The molecule has 1 aliphatic rings. The zero-order valence-electron chi connectivity index (χ0n) is 17.1. The van der Waals surface area contributed by atoms with Gasteiger partial charge in [-0.3, -0.25) is 14.7 Å². The zero-order valence-corrected chi connectivity index (χ0v) is 17.1. The van der Waals surface area contributed by atoms with Gasteiger partial charge in [0.1, 0.15) is 0 Å². The van der Waals surface area contributed by atoms with Crippen molar-refractivity contribution in [3.05, 3.63) is 65.5 Å². The fourth-order valence-electron chi connectivity index (χ4n) is 3.95. The van der Waals surface area contributed by atoms with E-state index in [-0.39, 0.29) is 17.9 Å². The third kappa shape index (κ3) is 5.82. The molecular formula is C23H29F2N3O. The molecule has 1 amide bonds. The van der Waals surface area contributed by atoms with Gasteiger partial charge in [-0.2, -0.15) is 0 Å². The first-order chi connectivity index (χ1) is 13.9. The highest BCUT2D eigenvalue weighted by Gasteiger charge is 2.30. The highest BCUT2D eigenvalue weighted by Crippen LogP contribution is 2.31. The second kappa shape index (κ2) is 9.92. The fraction of sp³-hybridized carbons (Fsp3) is 0.478. The third-order valence-electron chi connectivity index (χ3n) is 5.45. The predicted molar refractivity (Wildman–Crippen MR) is 109 cm³/mol. The van der Waals surface area contributed by atoms with Crippen molar-refractivity contribution in [2.75, 3.05) is 13.1 Å². The van der Waals surface area contributed by atoms with Crippen LogP contribution in [0.15, 0.2) is 42.6 Å². The molecule has 2 aromatic rings. The van der Waals surface area contributed by atoms with Gasteiger partial charge >= 0.3 is 0 Å². The number of pyridine rings is 1. The fourth-order valence-corrected chi connectivity index (χ4v) is 3.95. The topological polar surface area (TPSA) is 45.2 Å². The van der Waals surface area contributed by atoms with E-state index < -0.39 is 11.6 Å². The van der Waals surface area contributed by atoms with Crippen LogP contribution in [0.2, 0.25) is 0 Å². The number of likely N-dealkylation sites (tertiary alicyclic amines) is 1. The summed E-state index contributed by atoms with van der Waals surface area (Å²) in [5.74, 6) is -0.973. The Labute approximate surface area is 171 Å². The van der Waals surface area contributed by atoms with Crippen LogP contribution in [0.4, 0.5) is 8.78 Å². The van der Waals surface area contributed by atoms with Gasteiger partial charge in [-0.1, -0.05) is 32.0 Å². The molecule has 1 aromatic carbocycles. The van der Waals surface area contributed by atoms with Crippen molar-refractivity contribution in [1.82, 2.24) is 15.2 Å². The average Bonchev–Trinajstić information content (AvgIpc) is 2.70. The van der Waals surface area contributed by atoms with Gasteiger partial charge in [0.25, 0.3) is 0 Å². The Morgan fingerprint density at radius 3 is 2.59 bits per heavy atom. The van der Waals surface area contributed by atoms with Crippen molar-refractivity contribution in [1.29, 1.82) is 0 Å². The molecule has 1 aromatic heterocycles. The Hall–Kier alpha value is -2.34. The summed E-state index contributed by atoms with van der Waals surface area (Å²) < 4.78 is 27.4. The van der Waals surface area contributed by atoms with Gasteiger partial charge in [-0.05, 0) is 56.0 Å². The van der Waals surface area contributed by atoms with Gasteiger partial charge in [-0.25, -0.2) is 8.78 Å². The number of hydrogen-bond donors (Lipinski definition) is 1. The van der Waals surface area contributed by atoms with Crippen molar-refractivity contribution < 1.29 is 13.6 Å².